The van der Waals surface area contributed by atoms with Gasteiger partial charge >= 0.3 is 0 Å². The molecule has 1 aromatic heterocycles. The molecule has 1 aliphatic rings. The Labute approximate surface area is 171 Å². The van der Waals surface area contributed by atoms with E-state index < -0.39 is 0 Å². The molecular formula is C24H27N3O2. The minimum Gasteiger partial charge on any atom is -0.374 e. The van der Waals surface area contributed by atoms with Crippen LogP contribution >= 0.6 is 0 Å². The zero-order chi connectivity index (χ0) is 19.9. The highest BCUT2D eigenvalue weighted by Crippen LogP contribution is 2.22. The maximum absolute atomic E-state index is 12.6. The summed E-state index contributed by atoms with van der Waals surface area (Å²) in [6.45, 7) is 1.34. The van der Waals surface area contributed by atoms with Gasteiger partial charge in [0.25, 0.3) is 5.91 Å². The maximum Gasteiger partial charge on any atom is 0.255 e. The summed E-state index contributed by atoms with van der Waals surface area (Å²) in [4.78, 5) is 16.6. The summed E-state index contributed by atoms with van der Waals surface area (Å²) >= 11 is 0. The lowest BCUT2D eigenvalue weighted by molar-refractivity contribution is 0.0169. The van der Waals surface area contributed by atoms with Gasteiger partial charge in [-0.05, 0) is 48.2 Å². The second-order valence-electron chi connectivity index (χ2n) is 7.66. The van der Waals surface area contributed by atoms with E-state index in [0.717, 1.165) is 36.2 Å². The van der Waals surface area contributed by atoms with Crippen LogP contribution in [0.3, 0.4) is 0 Å². The van der Waals surface area contributed by atoms with Crippen molar-refractivity contribution >= 4 is 11.6 Å². The molecule has 0 unspecified atom stereocenters. The normalized spacial score (nSPS) is 14.6. The van der Waals surface area contributed by atoms with Crippen molar-refractivity contribution in [3.8, 4) is 0 Å². The third-order valence-electron chi connectivity index (χ3n) is 5.36. The molecule has 0 bridgehead atoms. The van der Waals surface area contributed by atoms with Crippen molar-refractivity contribution in [3.63, 3.8) is 0 Å². The van der Waals surface area contributed by atoms with Crippen LogP contribution in [0.2, 0.25) is 0 Å². The molecule has 1 amide bonds. The fourth-order valence-electron chi connectivity index (χ4n) is 3.74. The number of nitrogens with one attached hydrogen (secondary N) is 1. The fraction of sp³-hybridized carbons (Fsp3) is 0.333. The van der Waals surface area contributed by atoms with E-state index in [4.69, 9.17) is 4.74 Å². The summed E-state index contributed by atoms with van der Waals surface area (Å²) < 4.78 is 8.05. The predicted octanol–water partition coefficient (Wildman–Crippen LogP) is 5.03. The number of aromatic nitrogens is 2. The van der Waals surface area contributed by atoms with Crippen LogP contribution in [0.15, 0.2) is 67.3 Å². The van der Waals surface area contributed by atoms with Crippen molar-refractivity contribution < 1.29 is 9.53 Å². The van der Waals surface area contributed by atoms with Crippen LogP contribution in [0.5, 0.6) is 0 Å². The van der Waals surface area contributed by atoms with Crippen molar-refractivity contribution in [2.75, 3.05) is 5.32 Å². The Morgan fingerprint density at radius 3 is 2.66 bits per heavy atom. The van der Waals surface area contributed by atoms with Crippen LogP contribution in [0.25, 0.3) is 0 Å². The lowest BCUT2D eigenvalue weighted by Crippen LogP contribution is -2.16. The van der Waals surface area contributed by atoms with Gasteiger partial charge in [-0.3, -0.25) is 4.79 Å². The first-order valence-electron chi connectivity index (χ1n) is 10.3. The molecule has 0 spiro atoms. The van der Waals surface area contributed by atoms with Gasteiger partial charge in [-0.15, -0.1) is 0 Å². The fourth-order valence-corrected chi connectivity index (χ4v) is 3.74. The largest absolute Gasteiger partial charge is 0.374 e. The Kier molecular flexibility index (Phi) is 6.37. The highest BCUT2D eigenvalue weighted by atomic mass is 16.5. The van der Waals surface area contributed by atoms with Gasteiger partial charge in [0, 0.05) is 30.2 Å². The van der Waals surface area contributed by atoms with Crippen molar-refractivity contribution in [2.24, 2.45) is 0 Å². The summed E-state index contributed by atoms with van der Waals surface area (Å²) in [6.07, 6.45) is 12.0. The second-order valence-corrected chi connectivity index (χ2v) is 7.66. The molecule has 5 nitrogen and oxygen atoms in total. The molecule has 1 N–H and O–H groups in total. The molecule has 1 fully saturated rings. The van der Waals surface area contributed by atoms with Crippen LogP contribution in [-0.2, 0) is 17.9 Å². The zero-order valence-corrected chi connectivity index (χ0v) is 16.6. The lowest BCUT2D eigenvalue weighted by Gasteiger charge is -2.22. The summed E-state index contributed by atoms with van der Waals surface area (Å²) in [6, 6.07) is 15.6. The number of carbonyl (C=O) groups is 1. The molecule has 1 heterocycles. The molecule has 0 saturated heterocycles. The number of carbonyl (C=O) groups excluding carboxylic acids is 1. The van der Waals surface area contributed by atoms with Gasteiger partial charge in [-0.2, -0.15) is 0 Å². The molecule has 3 aromatic rings. The molecule has 4 rings (SSSR count). The Bertz CT molecular complexity index is 914. The van der Waals surface area contributed by atoms with Gasteiger partial charge in [0.05, 0.1) is 19.0 Å². The van der Waals surface area contributed by atoms with Gasteiger partial charge in [0.15, 0.2) is 0 Å². The first kappa shape index (κ1) is 19.4. The first-order valence-corrected chi connectivity index (χ1v) is 10.3. The molecule has 5 heteroatoms. The van der Waals surface area contributed by atoms with Crippen LogP contribution < -0.4 is 5.32 Å². The molecule has 1 saturated carbocycles. The number of ether oxygens (including phenoxy) is 1. The summed E-state index contributed by atoms with van der Waals surface area (Å²) in [5.74, 6) is -0.107. The number of hydrogen-bond donors (Lipinski definition) is 1. The van der Waals surface area contributed by atoms with Gasteiger partial charge < -0.3 is 14.6 Å². The number of imidazole rings is 1. The topological polar surface area (TPSA) is 56.1 Å². The van der Waals surface area contributed by atoms with Gasteiger partial charge in [-0.25, -0.2) is 4.98 Å². The first-order chi connectivity index (χ1) is 14.3. The molecule has 29 heavy (non-hydrogen) atoms. The van der Waals surface area contributed by atoms with Crippen LogP contribution in [0.4, 0.5) is 5.69 Å². The third kappa shape index (κ3) is 5.55. The van der Waals surface area contributed by atoms with Crippen molar-refractivity contribution in [2.45, 2.75) is 51.4 Å². The Morgan fingerprint density at radius 1 is 1.07 bits per heavy atom. The smallest absolute Gasteiger partial charge is 0.255 e. The van der Waals surface area contributed by atoms with E-state index >= 15 is 0 Å². The average molecular weight is 389 g/mol. The molecule has 1 aliphatic carbocycles. The number of benzene rings is 2. The molecule has 0 aliphatic heterocycles. The second kappa shape index (κ2) is 9.52. The average Bonchev–Trinajstić information content (AvgIpc) is 3.27. The molecule has 0 atom stereocenters. The monoisotopic (exact) mass is 389 g/mol. The SMILES string of the molecule is O=C(Nc1cccc(COC2CCCCC2)c1)c1ccc(Cn2ccnc2)cc1. The maximum atomic E-state index is 12.6. The van der Waals surface area contributed by atoms with Crippen LogP contribution in [-0.4, -0.2) is 21.6 Å². The highest BCUT2D eigenvalue weighted by Gasteiger charge is 2.14. The number of anilines is 1. The summed E-state index contributed by atoms with van der Waals surface area (Å²) in [5, 5.41) is 2.99. The molecule has 150 valence electrons. The Hall–Kier alpha value is -2.92. The quantitative estimate of drug-likeness (QED) is 0.616. The highest BCUT2D eigenvalue weighted by molar-refractivity contribution is 6.04. The molecular weight excluding hydrogens is 362 g/mol. The number of hydrogen-bond acceptors (Lipinski definition) is 3. The number of rotatable bonds is 7. The summed E-state index contributed by atoms with van der Waals surface area (Å²) in [5.41, 5.74) is 3.65. The third-order valence-corrected chi connectivity index (χ3v) is 5.36. The molecule has 2 aromatic carbocycles. The van der Waals surface area contributed by atoms with Gasteiger partial charge in [0.1, 0.15) is 0 Å². The van der Waals surface area contributed by atoms with Crippen molar-refractivity contribution in [1.29, 1.82) is 0 Å². The van der Waals surface area contributed by atoms with E-state index in [2.05, 4.69) is 10.3 Å². The zero-order valence-electron chi connectivity index (χ0n) is 16.6. The lowest BCUT2D eigenvalue weighted by atomic mass is 9.98. The minimum atomic E-state index is -0.107. The van der Waals surface area contributed by atoms with E-state index in [0.29, 0.717) is 18.3 Å². The van der Waals surface area contributed by atoms with E-state index in [1.807, 2.05) is 59.3 Å². The van der Waals surface area contributed by atoms with Gasteiger partial charge in [-0.1, -0.05) is 43.5 Å². The minimum absolute atomic E-state index is 0.107. The van der Waals surface area contributed by atoms with E-state index in [9.17, 15) is 4.79 Å². The Morgan fingerprint density at radius 2 is 1.90 bits per heavy atom. The standard InChI is InChI=1S/C24H27N3O2/c28-24(21-11-9-19(10-12-21)16-27-14-13-25-18-27)26-22-6-4-5-20(15-22)17-29-23-7-2-1-3-8-23/h4-6,9-15,18,23H,1-3,7-8,16-17H2,(H,26,28). The van der Waals surface area contributed by atoms with Crippen LogP contribution in [0, 0.1) is 0 Å². The molecule has 0 radical (unpaired) electrons. The number of nitrogens with zero attached hydrogens (tertiary/aromatic N) is 2. The Balaban J connectivity index is 1.32. The van der Waals surface area contributed by atoms with Crippen molar-refractivity contribution in [1.82, 2.24) is 9.55 Å². The van der Waals surface area contributed by atoms with E-state index in [1.54, 1.807) is 12.5 Å². The van der Waals surface area contributed by atoms with E-state index in [1.165, 1.54) is 19.3 Å². The summed E-state index contributed by atoms with van der Waals surface area (Å²) in [7, 11) is 0. The van der Waals surface area contributed by atoms with Gasteiger partial charge in [0.2, 0.25) is 0 Å². The number of amides is 1. The van der Waals surface area contributed by atoms with Crippen LogP contribution in [0.1, 0.15) is 53.6 Å². The van der Waals surface area contributed by atoms with Crippen molar-refractivity contribution in [3.05, 3.63) is 83.9 Å². The predicted molar refractivity (Wildman–Crippen MR) is 114 cm³/mol. The van der Waals surface area contributed by atoms with E-state index in [-0.39, 0.29) is 5.91 Å².